The number of hydrogen-bond acceptors (Lipinski definition) is 10. The highest BCUT2D eigenvalue weighted by atomic mass is 32.2. The maximum absolute atomic E-state index is 10.6. The molecule has 0 radical (unpaired) electrons. The highest BCUT2D eigenvalue weighted by Crippen LogP contribution is 2.34. The number of carbonyl (C=O) groups excluding carboxylic acids is 1. The molecule has 2 unspecified atom stereocenters. The summed E-state index contributed by atoms with van der Waals surface area (Å²) >= 11 is 0. The zero-order chi connectivity index (χ0) is 46.4. The van der Waals surface area contributed by atoms with Gasteiger partial charge >= 0.3 is 0 Å². The third kappa shape index (κ3) is 25.8. The molecule has 1 fully saturated rings. The molecule has 1 aliphatic heterocycles. The number of nitrogens with one attached hydrogen (secondary N) is 1. The van der Waals surface area contributed by atoms with Crippen LogP contribution < -0.4 is 14.8 Å². The Morgan fingerprint density at radius 2 is 1.34 bits per heavy atom. The molecule has 11 nitrogen and oxygen atoms in total. The Labute approximate surface area is 367 Å². The van der Waals surface area contributed by atoms with Gasteiger partial charge in [0.15, 0.2) is 0 Å². The number of hydrogen-bond donors (Lipinski definition) is 3. The van der Waals surface area contributed by atoms with Crippen molar-refractivity contribution in [3.05, 3.63) is 108 Å². The van der Waals surface area contributed by atoms with Crippen LogP contribution in [0, 0.1) is 18.3 Å². The van der Waals surface area contributed by atoms with Gasteiger partial charge in [0.05, 0.1) is 25.1 Å². The molecular weight excluding hydrogens is 793 g/mol. The van der Waals surface area contributed by atoms with E-state index in [1.54, 1.807) is 20.8 Å². The summed E-state index contributed by atoms with van der Waals surface area (Å²) in [5.41, 5.74) is 5.19. The number of terminal acetylenes is 1. The fourth-order valence-corrected chi connectivity index (χ4v) is 6.16. The molecule has 1 saturated heterocycles. The van der Waals surface area contributed by atoms with Crippen LogP contribution in [-0.2, 0) is 23.8 Å². The lowest BCUT2D eigenvalue weighted by molar-refractivity contribution is -0.117. The van der Waals surface area contributed by atoms with Crippen molar-refractivity contribution in [2.24, 2.45) is 5.92 Å². The quantitative estimate of drug-likeness (QED) is 0.0344. The number of benzene rings is 3. The second-order valence-electron chi connectivity index (χ2n) is 17.7. The lowest BCUT2D eigenvalue weighted by atomic mass is 9.90. The zero-order valence-corrected chi connectivity index (χ0v) is 39.4. The van der Waals surface area contributed by atoms with Crippen LogP contribution >= 0.6 is 0 Å². The van der Waals surface area contributed by atoms with E-state index in [1.807, 2.05) is 82.3 Å². The Balaban J connectivity index is 0.000000597. The van der Waals surface area contributed by atoms with Gasteiger partial charge in [-0.1, -0.05) is 74.0 Å². The normalized spacial score (nSPS) is 14.0. The standard InChI is InChI=1S/C31H34O5.C7H13NO.C6H13N.C5H12O3S/c1-4-18-34-21-28(33)22-36-30-16-12-27(13-17-30)31(24(3)25-8-6-5-7-9-25)26-10-14-29(15-11-26)35-20-23(2)19-32;1-5-6(9)8-7(2,3)4;1-6(2,3)7-4-5-7;1-5(2,3)8-9(4,6)7/h1,5-17,23,28,32-33H,18-22H2,2-3H3;5H,1H2,2-4H3,(H,8,9);4-5H2,1-3H3;1-4H3/b31-24+;;;. The monoisotopic (exact) mass is 864 g/mol. The van der Waals surface area contributed by atoms with E-state index in [0.717, 1.165) is 39.8 Å². The minimum absolute atomic E-state index is 0.0813. The average Bonchev–Trinajstić information content (AvgIpc) is 4.03. The van der Waals surface area contributed by atoms with Crippen molar-refractivity contribution in [3.63, 3.8) is 0 Å². The second kappa shape index (κ2) is 26.1. The van der Waals surface area contributed by atoms with Crippen LogP contribution in [0.15, 0.2) is 91.5 Å². The number of aliphatic hydroxyl groups excluding tert-OH is 2. The molecule has 3 aromatic rings. The van der Waals surface area contributed by atoms with E-state index in [1.165, 1.54) is 19.2 Å². The van der Waals surface area contributed by atoms with Crippen molar-refractivity contribution in [1.29, 1.82) is 0 Å². The molecule has 3 N–H and O–H groups in total. The minimum atomic E-state index is -3.28. The average molecular weight is 865 g/mol. The van der Waals surface area contributed by atoms with Crippen LogP contribution in [0.2, 0.25) is 0 Å². The largest absolute Gasteiger partial charge is 0.493 e. The van der Waals surface area contributed by atoms with E-state index in [0.29, 0.717) is 17.9 Å². The van der Waals surface area contributed by atoms with Crippen molar-refractivity contribution >= 4 is 27.2 Å². The zero-order valence-electron chi connectivity index (χ0n) is 38.6. The Morgan fingerprint density at radius 1 is 0.852 bits per heavy atom. The van der Waals surface area contributed by atoms with Crippen LogP contribution in [0.1, 0.15) is 92.9 Å². The summed E-state index contributed by atoms with van der Waals surface area (Å²) in [5, 5.41) is 21.9. The van der Waals surface area contributed by atoms with Crippen molar-refractivity contribution < 1.29 is 41.8 Å². The maximum atomic E-state index is 10.6. The van der Waals surface area contributed by atoms with Crippen molar-refractivity contribution in [2.75, 3.05) is 52.4 Å². The molecule has 0 aromatic heterocycles. The van der Waals surface area contributed by atoms with E-state index in [2.05, 4.69) is 78.9 Å². The number of nitrogens with zero attached hydrogens (tertiary/aromatic N) is 1. The minimum Gasteiger partial charge on any atom is -0.493 e. The molecule has 338 valence electrons. The van der Waals surface area contributed by atoms with E-state index in [4.69, 9.17) is 20.6 Å². The first kappa shape index (κ1) is 54.5. The van der Waals surface area contributed by atoms with Crippen LogP contribution in [0.5, 0.6) is 11.5 Å². The second-order valence-corrected chi connectivity index (χ2v) is 19.3. The van der Waals surface area contributed by atoms with Gasteiger partial charge in [-0.3, -0.25) is 13.9 Å². The lowest BCUT2D eigenvalue weighted by Gasteiger charge is -2.18. The molecule has 2 atom stereocenters. The van der Waals surface area contributed by atoms with E-state index < -0.39 is 21.8 Å². The third-order valence-corrected chi connectivity index (χ3v) is 8.94. The predicted molar refractivity (Wildman–Crippen MR) is 249 cm³/mol. The Morgan fingerprint density at radius 3 is 1.67 bits per heavy atom. The van der Waals surface area contributed by atoms with Gasteiger partial charge in [-0.15, -0.1) is 6.42 Å². The fraction of sp³-hybridized carbons (Fsp3) is 0.490. The highest BCUT2D eigenvalue weighted by molar-refractivity contribution is 7.86. The molecule has 1 amide bonds. The molecule has 1 aliphatic rings. The SMILES string of the molecule is C#CCOCC(O)COc1ccc(/C(=C(\C)c2ccccc2)c2ccc(OCC(C)CO)cc2)cc1.C=CC(=O)NC(C)(C)C.CC(C)(C)N1CC1.CC(C)(C)OS(C)(=O)=O. The maximum Gasteiger partial charge on any atom is 0.264 e. The van der Waals surface area contributed by atoms with Gasteiger partial charge in [-0.05, 0) is 127 Å². The molecule has 4 rings (SSSR count). The number of rotatable bonds is 15. The van der Waals surface area contributed by atoms with Crippen LogP contribution in [0.25, 0.3) is 11.1 Å². The Kier molecular flexibility index (Phi) is 23.3. The Bertz CT molecular complexity index is 1910. The third-order valence-electron chi connectivity index (χ3n) is 8.13. The van der Waals surface area contributed by atoms with Gasteiger partial charge in [-0.2, -0.15) is 8.42 Å². The number of allylic oxidation sites excluding steroid dienone is 1. The molecule has 0 saturated carbocycles. The molecule has 1 heterocycles. The number of amides is 1. The van der Waals surface area contributed by atoms with Crippen molar-refractivity contribution in [2.45, 2.75) is 98.9 Å². The van der Waals surface area contributed by atoms with Gasteiger partial charge in [0.2, 0.25) is 5.91 Å². The molecule has 61 heavy (non-hydrogen) atoms. The molecule has 12 heteroatoms. The summed E-state index contributed by atoms with van der Waals surface area (Å²) in [6, 6.07) is 26.1. The Hall–Kier alpha value is -4.48. The summed E-state index contributed by atoms with van der Waals surface area (Å²) in [5.74, 6) is 3.76. The first-order valence-corrected chi connectivity index (χ1v) is 22.2. The van der Waals surface area contributed by atoms with Gasteiger partial charge < -0.3 is 29.7 Å². The number of aliphatic hydroxyl groups is 2. The smallest absolute Gasteiger partial charge is 0.264 e. The first-order chi connectivity index (χ1) is 28.3. The van der Waals surface area contributed by atoms with Gasteiger partial charge in [0.25, 0.3) is 10.1 Å². The number of carbonyl (C=O) groups is 1. The molecule has 3 aromatic carbocycles. The van der Waals surface area contributed by atoms with E-state index in [-0.39, 0.29) is 43.8 Å². The van der Waals surface area contributed by atoms with Gasteiger partial charge in [-0.25, -0.2) is 0 Å². The van der Waals surface area contributed by atoms with E-state index in [9.17, 15) is 23.4 Å². The topological polar surface area (TPSA) is 144 Å². The molecular formula is C49H72N2O9S. The summed E-state index contributed by atoms with van der Waals surface area (Å²) < 4.78 is 42.1. The first-order valence-electron chi connectivity index (χ1n) is 20.4. The summed E-state index contributed by atoms with van der Waals surface area (Å²) in [4.78, 5) is 13.0. The van der Waals surface area contributed by atoms with Crippen LogP contribution in [0.3, 0.4) is 0 Å². The van der Waals surface area contributed by atoms with E-state index >= 15 is 0 Å². The van der Waals surface area contributed by atoms with Gasteiger partial charge in [0, 0.05) is 36.7 Å². The highest BCUT2D eigenvalue weighted by Gasteiger charge is 2.29. The summed E-state index contributed by atoms with van der Waals surface area (Å²) in [7, 11) is -3.28. The predicted octanol–water partition coefficient (Wildman–Crippen LogP) is 8.01. The number of ether oxygens (including phenoxy) is 3. The molecule has 0 bridgehead atoms. The summed E-state index contributed by atoms with van der Waals surface area (Å²) in [6.45, 7) is 28.6. The fourth-order valence-electron chi connectivity index (χ4n) is 5.25. The molecule has 0 aliphatic carbocycles. The lowest BCUT2D eigenvalue weighted by Crippen LogP contribution is -2.39. The summed E-state index contributed by atoms with van der Waals surface area (Å²) in [6.07, 6.45) is 6.70. The van der Waals surface area contributed by atoms with Gasteiger partial charge in [0.1, 0.15) is 30.8 Å². The van der Waals surface area contributed by atoms with Crippen LogP contribution in [0.4, 0.5) is 0 Å². The van der Waals surface area contributed by atoms with Crippen molar-refractivity contribution in [3.8, 4) is 23.8 Å². The van der Waals surface area contributed by atoms with Crippen LogP contribution in [-0.4, -0.2) is 105 Å². The van der Waals surface area contributed by atoms with Crippen molar-refractivity contribution in [1.82, 2.24) is 10.2 Å². The molecule has 0 spiro atoms.